The van der Waals surface area contributed by atoms with Crippen molar-refractivity contribution >= 4 is 22.6 Å². The molecule has 1 amide bonds. The molecule has 3 rings (SSSR count). The number of amides is 1. The second kappa shape index (κ2) is 4.33. The Kier molecular flexibility index (Phi) is 2.53. The molecule has 0 aliphatic rings. The van der Waals surface area contributed by atoms with Crippen molar-refractivity contribution < 1.29 is 4.79 Å². The first-order valence-corrected chi connectivity index (χ1v) is 5.62. The van der Waals surface area contributed by atoms with Gasteiger partial charge in [0.1, 0.15) is 0 Å². The summed E-state index contributed by atoms with van der Waals surface area (Å²) in [7, 11) is 0. The van der Waals surface area contributed by atoms with Crippen LogP contribution in [0.2, 0.25) is 0 Å². The van der Waals surface area contributed by atoms with Gasteiger partial charge in [-0.1, -0.05) is 18.2 Å². The van der Waals surface area contributed by atoms with E-state index in [-0.39, 0.29) is 6.03 Å². The Hall–Kier alpha value is -2.62. The summed E-state index contributed by atoms with van der Waals surface area (Å²) in [5.41, 5.74) is 1.57. The monoisotopic (exact) mass is 237 g/mol. The number of nitrogens with zero attached hydrogens (tertiary/aromatic N) is 2. The number of carbonyl (C=O) groups is 1. The van der Waals surface area contributed by atoms with Crippen LogP contribution in [-0.4, -0.2) is 15.6 Å². The van der Waals surface area contributed by atoms with Crippen LogP contribution in [-0.2, 0) is 0 Å². The fourth-order valence-corrected chi connectivity index (χ4v) is 1.88. The first-order chi connectivity index (χ1) is 8.84. The minimum Gasteiger partial charge on any atom is -0.306 e. The largest absolute Gasteiger partial charge is 0.330 e. The van der Waals surface area contributed by atoms with E-state index >= 15 is 0 Å². The molecule has 0 unspecified atom stereocenters. The molecular formula is C14H11N3O. The maximum absolute atomic E-state index is 12.1. The summed E-state index contributed by atoms with van der Waals surface area (Å²) >= 11 is 0. The number of hydrogen-bond acceptors (Lipinski definition) is 2. The van der Waals surface area contributed by atoms with Gasteiger partial charge in [0, 0.05) is 17.8 Å². The van der Waals surface area contributed by atoms with Crippen LogP contribution >= 0.6 is 0 Å². The Balaban J connectivity index is 1.93. The average Bonchev–Trinajstić information content (AvgIpc) is 2.84. The predicted octanol–water partition coefficient (Wildman–Crippen LogP) is 3.12. The quantitative estimate of drug-likeness (QED) is 0.706. The number of benzene rings is 1. The summed E-state index contributed by atoms with van der Waals surface area (Å²) in [6.45, 7) is 0. The standard InChI is InChI=1S/C14H11N3O/c18-14(16-12-5-3-8-15-10-12)17-9-7-11-4-1-2-6-13(11)17/h1-10H,(H,16,18). The van der Waals surface area contributed by atoms with Gasteiger partial charge in [-0.15, -0.1) is 0 Å². The van der Waals surface area contributed by atoms with E-state index in [9.17, 15) is 4.79 Å². The molecular weight excluding hydrogens is 226 g/mol. The molecule has 1 aromatic carbocycles. The molecule has 0 atom stereocenters. The number of carbonyl (C=O) groups excluding carboxylic acids is 1. The number of rotatable bonds is 1. The SMILES string of the molecule is O=C(Nc1cccnc1)n1ccc2ccccc21. The number of hydrogen-bond donors (Lipinski definition) is 1. The van der Waals surface area contributed by atoms with Crippen molar-refractivity contribution in [3.8, 4) is 0 Å². The van der Waals surface area contributed by atoms with Crippen molar-refractivity contribution in [3.05, 3.63) is 61.1 Å². The summed E-state index contributed by atoms with van der Waals surface area (Å²) in [4.78, 5) is 16.1. The molecule has 88 valence electrons. The van der Waals surface area contributed by atoms with Crippen LogP contribution in [0.15, 0.2) is 61.1 Å². The normalized spacial score (nSPS) is 10.4. The summed E-state index contributed by atoms with van der Waals surface area (Å²) in [6.07, 6.45) is 5.04. The molecule has 4 nitrogen and oxygen atoms in total. The van der Waals surface area contributed by atoms with Gasteiger partial charge in [0.25, 0.3) is 0 Å². The molecule has 0 radical (unpaired) electrons. The number of para-hydroxylation sites is 1. The Bertz CT molecular complexity index is 688. The van der Waals surface area contributed by atoms with E-state index in [4.69, 9.17) is 0 Å². The zero-order chi connectivity index (χ0) is 12.4. The lowest BCUT2D eigenvalue weighted by atomic mass is 10.2. The maximum atomic E-state index is 12.1. The van der Waals surface area contributed by atoms with Crippen molar-refractivity contribution in [2.45, 2.75) is 0 Å². The number of nitrogens with one attached hydrogen (secondary N) is 1. The van der Waals surface area contributed by atoms with Crippen LogP contribution in [0.3, 0.4) is 0 Å². The minimum absolute atomic E-state index is 0.191. The topological polar surface area (TPSA) is 46.9 Å². The van der Waals surface area contributed by atoms with Gasteiger partial charge in [0.05, 0.1) is 17.4 Å². The van der Waals surface area contributed by atoms with Crippen molar-refractivity contribution in [2.75, 3.05) is 5.32 Å². The van der Waals surface area contributed by atoms with Gasteiger partial charge in [-0.3, -0.25) is 9.55 Å². The van der Waals surface area contributed by atoms with Gasteiger partial charge in [-0.2, -0.15) is 0 Å². The second-order valence-corrected chi connectivity index (χ2v) is 3.92. The van der Waals surface area contributed by atoms with E-state index in [1.165, 1.54) is 0 Å². The molecule has 1 N–H and O–H groups in total. The highest BCUT2D eigenvalue weighted by molar-refractivity contribution is 5.98. The number of pyridine rings is 1. The molecule has 0 aliphatic heterocycles. The van der Waals surface area contributed by atoms with Gasteiger partial charge in [0.15, 0.2) is 0 Å². The molecule has 0 bridgehead atoms. The molecule has 0 spiro atoms. The smallest absolute Gasteiger partial charge is 0.306 e. The first kappa shape index (κ1) is 10.5. The molecule has 0 aliphatic carbocycles. The van der Waals surface area contributed by atoms with Crippen LogP contribution in [0.5, 0.6) is 0 Å². The van der Waals surface area contributed by atoms with Crippen LogP contribution < -0.4 is 5.32 Å². The van der Waals surface area contributed by atoms with E-state index in [1.807, 2.05) is 30.3 Å². The molecule has 4 heteroatoms. The molecule has 0 saturated heterocycles. The Labute approximate surface area is 104 Å². The maximum Gasteiger partial charge on any atom is 0.330 e. The lowest BCUT2D eigenvalue weighted by Gasteiger charge is -2.06. The van der Waals surface area contributed by atoms with Crippen molar-refractivity contribution in [3.63, 3.8) is 0 Å². The molecule has 3 aromatic rings. The van der Waals surface area contributed by atoms with Gasteiger partial charge in [-0.25, -0.2) is 4.79 Å². The molecule has 2 heterocycles. The third-order valence-electron chi connectivity index (χ3n) is 2.73. The highest BCUT2D eigenvalue weighted by atomic mass is 16.2. The summed E-state index contributed by atoms with van der Waals surface area (Å²) in [5.74, 6) is 0. The zero-order valence-corrected chi connectivity index (χ0v) is 9.58. The van der Waals surface area contributed by atoms with Gasteiger partial charge >= 0.3 is 6.03 Å². The third kappa shape index (κ3) is 1.84. The molecule has 0 saturated carbocycles. The molecule has 0 fully saturated rings. The molecule has 2 aromatic heterocycles. The van der Waals surface area contributed by atoms with Crippen LogP contribution in [0.4, 0.5) is 10.5 Å². The second-order valence-electron chi connectivity index (χ2n) is 3.92. The van der Waals surface area contributed by atoms with Gasteiger partial charge in [0.2, 0.25) is 0 Å². The van der Waals surface area contributed by atoms with Crippen molar-refractivity contribution in [1.82, 2.24) is 9.55 Å². The Morgan fingerprint density at radius 1 is 1.11 bits per heavy atom. The first-order valence-electron chi connectivity index (χ1n) is 5.62. The molecule has 18 heavy (non-hydrogen) atoms. The highest BCUT2D eigenvalue weighted by Crippen LogP contribution is 2.15. The number of aromatic nitrogens is 2. The average molecular weight is 237 g/mol. The summed E-state index contributed by atoms with van der Waals surface area (Å²) < 4.78 is 1.59. The number of anilines is 1. The third-order valence-corrected chi connectivity index (χ3v) is 2.73. The van der Waals surface area contributed by atoms with E-state index < -0.39 is 0 Å². The van der Waals surface area contributed by atoms with E-state index in [0.717, 1.165) is 10.9 Å². The van der Waals surface area contributed by atoms with Crippen LogP contribution in [0, 0.1) is 0 Å². The van der Waals surface area contributed by atoms with E-state index in [0.29, 0.717) is 5.69 Å². The minimum atomic E-state index is -0.191. The van der Waals surface area contributed by atoms with Gasteiger partial charge in [-0.05, 0) is 24.3 Å². The summed E-state index contributed by atoms with van der Waals surface area (Å²) in [6, 6.07) is 13.1. The van der Waals surface area contributed by atoms with Crippen LogP contribution in [0.1, 0.15) is 0 Å². The fraction of sp³-hybridized carbons (Fsp3) is 0. The Morgan fingerprint density at radius 2 is 2.00 bits per heavy atom. The van der Waals surface area contributed by atoms with Gasteiger partial charge < -0.3 is 5.32 Å². The zero-order valence-electron chi connectivity index (χ0n) is 9.58. The van der Waals surface area contributed by atoms with E-state index in [2.05, 4.69) is 10.3 Å². The lowest BCUT2D eigenvalue weighted by Crippen LogP contribution is -2.18. The summed E-state index contributed by atoms with van der Waals surface area (Å²) in [5, 5.41) is 3.84. The predicted molar refractivity (Wildman–Crippen MR) is 70.6 cm³/mol. The van der Waals surface area contributed by atoms with Crippen LogP contribution in [0.25, 0.3) is 10.9 Å². The fourth-order valence-electron chi connectivity index (χ4n) is 1.88. The van der Waals surface area contributed by atoms with E-state index in [1.54, 1.807) is 35.3 Å². The highest BCUT2D eigenvalue weighted by Gasteiger charge is 2.08. The number of fused-ring (bicyclic) bond motifs is 1. The van der Waals surface area contributed by atoms with Crippen molar-refractivity contribution in [1.29, 1.82) is 0 Å². The Morgan fingerprint density at radius 3 is 2.83 bits per heavy atom. The van der Waals surface area contributed by atoms with Crippen molar-refractivity contribution in [2.24, 2.45) is 0 Å². The lowest BCUT2D eigenvalue weighted by molar-refractivity contribution is 0.254.